The van der Waals surface area contributed by atoms with Crippen LogP contribution in [0.15, 0.2) is 42.6 Å². The van der Waals surface area contributed by atoms with Crippen molar-refractivity contribution in [2.45, 2.75) is 19.8 Å². The van der Waals surface area contributed by atoms with Crippen LogP contribution in [0.2, 0.25) is 0 Å². The monoisotopic (exact) mass is 364 g/mol. The lowest BCUT2D eigenvalue weighted by molar-refractivity contribution is -0.121. The SMILES string of the molecule is Cc1ccnc2nc(C(=O)N3CCC(C(=O)Nc4ccccc4)CC3)nn12. The molecule has 3 heterocycles. The summed E-state index contributed by atoms with van der Waals surface area (Å²) < 4.78 is 1.56. The summed E-state index contributed by atoms with van der Waals surface area (Å²) in [4.78, 5) is 35.2. The van der Waals surface area contributed by atoms with Crippen LogP contribution in [0.1, 0.15) is 29.2 Å². The second-order valence-corrected chi connectivity index (χ2v) is 6.66. The first-order chi connectivity index (χ1) is 13.1. The van der Waals surface area contributed by atoms with Crippen LogP contribution in [0, 0.1) is 12.8 Å². The van der Waals surface area contributed by atoms with Gasteiger partial charge in [-0.1, -0.05) is 18.2 Å². The summed E-state index contributed by atoms with van der Waals surface area (Å²) in [5, 5.41) is 7.20. The fraction of sp³-hybridized carbons (Fsp3) is 0.316. The third kappa shape index (κ3) is 3.51. The lowest BCUT2D eigenvalue weighted by Crippen LogP contribution is -2.41. The molecule has 1 fully saturated rings. The number of nitrogens with one attached hydrogen (secondary N) is 1. The van der Waals surface area contributed by atoms with Gasteiger partial charge in [0.05, 0.1) is 0 Å². The molecular weight excluding hydrogens is 344 g/mol. The summed E-state index contributed by atoms with van der Waals surface area (Å²) in [6.45, 7) is 2.90. The van der Waals surface area contributed by atoms with Gasteiger partial charge in [0.2, 0.25) is 11.7 Å². The minimum absolute atomic E-state index is 0.000945. The van der Waals surface area contributed by atoms with Gasteiger partial charge in [0, 0.05) is 36.6 Å². The maximum absolute atomic E-state index is 12.7. The first-order valence-electron chi connectivity index (χ1n) is 8.95. The third-order valence-electron chi connectivity index (χ3n) is 4.82. The predicted octanol–water partition coefficient (Wildman–Crippen LogP) is 1.92. The standard InChI is InChI=1S/C19H20N6O2/c1-13-7-10-20-19-22-16(23-25(13)19)18(27)24-11-8-14(9-12-24)17(26)21-15-5-3-2-4-6-15/h2-7,10,14H,8-9,11-12H2,1H3,(H,21,26). The number of rotatable bonds is 3. The molecule has 0 radical (unpaired) electrons. The summed E-state index contributed by atoms with van der Waals surface area (Å²) in [5.74, 6) is 0.229. The number of amides is 2. The van der Waals surface area contributed by atoms with Gasteiger partial charge in [-0.2, -0.15) is 4.98 Å². The predicted molar refractivity (Wildman–Crippen MR) is 99.2 cm³/mol. The molecule has 27 heavy (non-hydrogen) atoms. The Bertz CT molecular complexity index is 976. The minimum atomic E-state index is -0.221. The number of carbonyl (C=O) groups is 2. The zero-order valence-electron chi connectivity index (χ0n) is 15.0. The molecule has 0 bridgehead atoms. The number of para-hydroxylation sites is 1. The second-order valence-electron chi connectivity index (χ2n) is 6.66. The van der Waals surface area contributed by atoms with E-state index in [9.17, 15) is 9.59 Å². The first-order valence-corrected chi connectivity index (χ1v) is 8.95. The van der Waals surface area contributed by atoms with Gasteiger partial charge in [0.15, 0.2) is 0 Å². The molecule has 0 unspecified atom stereocenters. The molecule has 1 aromatic carbocycles. The fourth-order valence-corrected chi connectivity index (χ4v) is 3.25. The van der Waals surface area contributed by atoms with Crippen LogP contribution in [-0.2, 0) is 4.79 Å². The van der Waals surface area contributed by atoms with E-state index in [1.165, 1.54) is 0 Å². The zero-order valence-corrected chi connectivity index (χ0v) is 15.0. The van der Waals surface area contributed by atoms with Crippen molar-refractivity contribution in [3.63, 3.8) is 0 Å². The lowest BCUT2D eigenvalue weighted by atomic mass is 9.95. The van der Waals surface area contributed by atoms with E-state index < -0.39 is 0 Å². The first kappa shape index (κ1) is 17.1. The summed E-state index contributed by atoms with van der Waals surface area (Å²) in [6, 6.07) is 11.2. The molecule has 3 aromatic rings. The quantitative estimate of drug-likeness (QED) is 0.766. The lowest BCUT2D eigenvalue weighted by Gasteiger charge is -2.30. The summed E-state index contributed by atoms with van der Waals surface area (Å²) in [7, 11) is 0. The Morgan fingerprint density at radius 1 is 1.11 bits per heavy atom. The molecule has 0 spiro atoms. The molecule has 2 aromatic heterocycles. The topological polar surface area (TPSA) is 92.5 Å². The number of likely N-dealkylation sites (tertiary alicyclic amines) is 1. The number of benzene rings is 1. The number of piperidine rings is 1. The highest BCUT2D eigenvalue weighted by molar-refractivity contribution is 5.93. The third-order valence-corrected chi connectivity index (χ3v) is 4.82. The van der Waals surface area contributed by atoms with Crippen LogP contribution < -0.4 is 5.32 Å². The Hall–Kier alpha value is -3.29. The molecule has 8 heteroatoms. The van der Waals surface area contributed by atoms with Crippen molar-refractivity contribution in [3.8, 4) is 0 Å². The van der Waals surface area contributed by atoms with Crippen LogP contribution in [0.4, 0.5) is 5.69 Å². The van der Waals surface area contributed by atoms with Crippen molar-refractivity contribution in [1.82, 2.24) is 24.5 Å². The van der Waals surface area contributed by atoms with Crippen LogP contribution in [-0.4, -0.2) is 49.4 Å². The number of hydrogen-bond acceptors (Lipinski definition) is 5. The Morgan fingerprint density at radius 3 is 2.56 bits per heavy atom. The minimum Gasteiger partial charge on any atom is -0.336 e. The van der Waals surface area contributed by atoms with Crippen LogP contribution in [0.25, 0.3) is 5.78 Å². The molecule has 4 rings (SSSR count). The Morgan fingerprint density at radius 2 is 1.85 bits per heavy atom. The number of carbonyl (C=O) groups excluding carboxylic acids is 2. The van der Waals surface area contributed by atoms with Gasteiger partial charge in [-0.3, -0.25) is 9.59 Å². The van der Waals surface area contributed by atoms with Crippen molar-refractivity contribution in [3.05, 3.63) is 54.1 Å². The van der Waals surface area contributed by atoms with E-state index in [-0.39, 0.29) is 23.6 Å². The van der Waals surface area contributed by atoms with Gasteiger partial charge >= 0.3 is 0 Å². The number of anilines is 1. The molecule has 0 atom stereocenters. The number of nitrogens with zero attached hydrogens (tertiary/aromatic N) is 5. The van der Waals surface area contributed by atoms with E-state index in [2.05, 4.69) is 20.4 Å². The molecule has 1 aliphatic heterocycles. The van der Waals surface area contributed by atoms with E-state index in [0.717, 1.165) is 11.4 Å². The van der Waals surface area contributed by atoms with Crippen molar-refractivity contribution in [2.75, 3.05) is 18.4 Å². The highest BCUT2D eigenvalue weighted by Gasteiger charge is 2.29. The van der Waals surface area contributed by atoms with Crippen molar-refractivity contribution in [1.29, 1.82) is 0 Å². The van der Waals surface area contributed by atoms with Crippen molar-refractivity contribution >= 4 is 23.3 Å². The molecule has 0 aliphatic carbocycles. The van der Waals surface area contributed by atoms with E-state index in [1.54, 1.807) is 15.6 Å². The van der Waals surface area contributed by atoms with Gasteiger partial charge in [-0.25, -0.2) is 9.50 Å². The van der Waals surface area contributed by atoms with Crippen LogP contribution >= 0.6 is 0 Å². The summed E-state index contributed by atoms with van der Waals surface area (Å²) in [5.41, 5.74) is 1.65. The molecule has 1 aliphatic rings. The number of aryl methyl sites for hydroxylation is 1. The van der Waals surface area contributed by atoms with Gasteiger partial charge in [0.25, 0.3) is 11.7 Å². The molecule has 1 saturated heterocycles. The average Bonchev–Trinajstić information content (AvgIpc) is 3.14. The van der Waals surface area contributed by atoms with Crippen LogP contribution in [0.5, 0.6) is 0 Å². The maximum Gasteiger partial charge on any atom is 0.293 e. The smallest absolute Gasteiger partial charge is 0.293 e. The van der Waals surface area contributed by atoms with Gasteiger partial charge in [-0.15, -0.1) is 5.10 Å². The molecule has 1 N–H and O–H groups in total. The van der Waals surface area contributed by atoms with Gasteiger partial charge < -0.3 is 10.2 Å². The Labute approximate surface area is 156 Å². The largest absolute Gasteiger partial charge is 0.336 e. The van der Waals surface area contributed by atoms with Crippen molar-refractivity contribution in [2.24, 2.45) is 5.92 Å². The van der Waals surface area contributed by atoms with Crippen LogP contribution in [0.3, 0.4) is 0 Å². The highest BCUT2D eigenvalue weighted by atomic mass is 16.2. The number of fused-ring (bicyclic) bond motifs is 1. The maximum atomic E-state index is 12.7. The zero-order chi connectivity index (χ0) is 18.8. The molecule has 138 valence electrons. The summed E-state index contributed by atoms with van der Waals surface area (Å²) in [6.07, 6.45) is 2.88. The second kappa shape index (κ2) is 7.14. The number of aromatic nitrogens is 4. The average molecular weight is 364 g/mol. The molecule has 0 saturated carbocycles. The van der Waals surface area contributed by atoms with Gasteiger partial charge in [0.1, 0.15) is 0 Å². The fourth-order valence-electron chi connectivity index (χ4n) is 3.25. The van der Waals surface area contributed by atoms with E-state index in [0.29, 0.717) is 31.7 Å². The molecular formula is C19H20N6O2. The Kier molecular flexibility index (Phi) is 4.53. The number of hydrogen-bond donors (Lipinski definition) is 1. The van der Waals surface area contributed by atoms with Crippen molar-refractivity contribution < 1.29 is 9.59 Å². The van der Waals surface area contributed by atoms with E-state index in [4.69, 9.17) is 0 Å². The summed E-state index contributed by atoms with van der Waals surface area (Å²) >= 11 is 0. The normalized spacial score (nSPS) is 15.1. The Balaban J connectivity index is 1.39. The highest BCUT2D eigenvalue weighted by Crippen LogP contribution is 2.20. The van der Waals surface area contributed by atoms with E-state index in [1.807, 2.05) is 43.3 Å². The van der Waals surface area contributed by atoms with E-state index >= 15 is 0 Å². The van der Waals surface area contributed by atoms with Gasteiger partial charge in [-0.05, 0) is 38.0 Å². The molecule has 8 nitrogen and oxygen atoms in total. The molecule has 2 amide bonds.